The highest BCUT2D eigenvalue weighted by Crippen LogP contribution is 2.63. The zero-order valence-electron chi connectivity index (χ0n) is 22.4. The van der Waals surface area contributed by atoms with Crippen LogP contribution < -0.4 is 4.74 Å². The quantitative estimate of drug-likeness (QED) is 0.285. The van der Waals surface area contributed by atoms with Gasteiger partial charge in [0.2, 0.25) is 0 Å². The monoisotopic (exact) mass is 528 g/mol. The van der Waals surface area contributed by atoms with Gasteiger partial charge in [-0.25, -0.2) is 8.42 Å². The second kappa shape index (κ2) is 9.62. The molecule has 1 saturated carbocycles. The van der Waals surface area contributed by atoms with Crippen LogP contribution in [0.4, 0.5) is 0 Å². The van der Waals surface area contributed by atoms with E-state index in [0.29, 0.717) is 23.1 Å². The third-order valence-corrected chi connectivity index (χ3v) is 9.25. The number of methoxy groups -OCH3 is 1. The number of benzene rings is 2. The van der Waals surface area contributed by atoms with Crippen molar-refractivity contribution < 1.29 is 17.9 Å². The number of ketones is 1. The Bertz CT molecular complexity index is 1640. The largest absolute Gasteiger partial charge is 0.496 e. The summed E-state index contributed by atoms with van der Waals surface area (Å²) >= 11 is 0. The molecule has 1 fully saturated rings. The minimum absolute atomic E-state index is 0.127. The second-order valence-corrected chi connectivity index (χ2v) is 12.5. The Balaban J connectivity index is 1.58. The van der Waals surface area contributed by atoms with E-state index in [-0.39, 0.29) is 22.5 Å². The molecule has 1 aliphatic rings. The summed E-state index contributed by atoms with van der Waals surface area (Å²) in [6.45, 7) is 7.98. The van der Waals surface area contributed by atoms with E-state index in [2.05, 4.69) is 23.8 Å². The Morgan fingerprint density at radius 2 is 1.87 bits per heavy atom. The first-order valence-corrected chi connectivity index (χ1v) is 14.5. The number of sulfone groups is 1. The van der Waals surface area contributed by atoms with Crippen molar-refractivity contribution in [3.05, 3.63) is 94.9 Å². The molecule has 0 aliphatic heterocycles. The molecule has 2 aromatic carbocycles. The molecule has 0 N–H and O–H groups in total. The Hall–Kier alpha value is -3.58. The van der Waals surface area contributed by atoms with Gasteiger partial charge in [-0.3, -0.25) is 14.8 Å². The molecule has 2 aromatic heterocycles. The molecule has 0 amide bonds. The predicted molar refractivity (Wildman–Crippen MR) is 149 cm³/mol. The number of rotatable bonds is 8. The van der Waals surface area contributed by atoms with E-state index in [9.17, 15) is 13.2 Å². The van der Waals surface area contributed by atoms with E-state index in [1.54, 1.807) is 37.4 Å². The van der Waals surface area contributed by atoms with Gasteiger partial charge in [0, 0.05) is 34.5 Å². The lowest BCUT2D eigenvalue weighted by Crippen LogP contribution is -2.30. The molecule has 0 spiro atoms. The van der Waals surface area contributed by atoms with E-state index >= 15 is 0 Å². The van der Waals surface area contributed by atoms with Crippen molar-refractivity contribution in [1.82, 2.24) is 9.97 Å². The van der Waals surface area contributed by atoms with Crippen molar-refractivity contribution in [3.63, 3.8) is 0 Å². The number of Topliss-reactive ketones (excluding diaryl/α,β-unsaturated/α-hetero) is 1. The Labute approximate surface area is 224 Å². The molecule has 6 nitrogen and oxygen atoms in total. The SMILES string of the molecule is COc1ccc(C)cc1[C@]1(C(=O)CS(=O)(=O)c2cccc3nc(C)ccc23)C[C@@H]1c1ccc(C(C)C)nc1. The molecule has 38 heavy (non-hydrogen) atoms. The van der Waals surface area contributed by atoms with E-state index < -0.39 is 21.0 Å². The lowest BCUT2D eigenvalue weighted by Gasteiger charge is -2.21. The Morgan fingerprint density at radius 3 is 2.55 bits per heavy atom. The van der Waals surface area contributed by atoms with Crippen LogP contribution in [-0.2, 0) is 20.0 Å². The number of fused-ring (bicyclic) bond motifs is 1. The summed E-state index contributed by atoms with van der Waals surface area (Å²) < 4.78 is 33.1. The topological polar surface area (TPSA) is 86.2 Å². The van der Waals surface area contributed by atoms with Gasteiger partial charge in [0.1, 0.15) is 11.5 Å². The van der Waals surface area contributed by atoms with Crippen LogP contribution >= 0.6 is 0 Å². The summed E-state index contributed by atoms with van der Waals surface area (Å²) in [4.78, 5) is 23.4. The van der Waals surface area contributed by atoms with E-state index in [0.717, 1.165) is 28.1 Å². The Kier molecular flexibility index (Phi) is 6.59. The number of nitrogens with zero attached hydrogens (tertiary/aromatic N) is 2. The smallest absolute Gasteiger partial charge is 0.186 e. The maximum Gasteiger partial charge on any atom is 0.186 e. The minimum atomic E-state index is -3.95. The van der Waals surface area contributed by atoms with Crippen LogP contribution in [-0.4, -0.2) is 37.0 Å². The minimum Gasteiger partial charge on any atom is -0.496 e. The zero-order chi connectivity index (χ0) is 27.2. The number of aromatic nitrogens is 2. The number of carbonyl (C=O) groups is 1. The fourth-order valence-corrected chi connectivity index (χ4v) is 6.99. The maximum atomic E-state index is 14.2. The number of hydrogen-bond donors (Lipinski definition) is 0. The van der Waals surface area contributed by atoms with Crippen LogP contribution in [0, 0.1) is 13.8 Å². The number of carbonyl (C=O) groups excluding carboxylic acids is 1. The summed E-state index contributed by atoms with van der Waals surface area (Å²) in [5.74, 6) is -0.260. The molecular weight excluding hydrogens is 496 g/mol. The highest BCUT2D eigenvalue weighted by molar-refractivity contribution is 7.92. The molecule has 2 heterocycles. The number of pyridine rings is 2. The first kappa shape index (κ1) is 26.0. The molecular formula is C31H32N2O4S. The van der Waals surface area contributed by atoms with Gasteiger partial charge in [-0.15, -0.1) is 0 Å². The Morgan fingerprint density at radius 1 is 1.08 bits per heavy atom. The van der Waals surface area contributed by atoms with Gasteiger partial charge in [0.25, 0.3) is 0 Å². The molecule has 1 aliphatic carbocycles. The number of hydrogen-bond acceptors (Lipinski definition) is 6. The molecule has 4 aromatic rings. The van der Waals surface area contributed by atoms with Crippen molar-refractivity contribution in [3.8, 4) is 5.75 Å². The van der Waals surface area contributed by atoms with Crippen LogP contribution in [0.1, 0.15) is 60.2 Å². The normalized spacial score (nSPS) is 19.1. The van der Waals surface area contributed by atoms with Gasteiger partial charge in [0.15, 0.2) is 15.6 Å². The van der Waals surface area contributed by atoms with Gasteiger partial charge in [-0.05, 0) is 68.1 Å². The van der Waals surface area contributed by atoms with E-state index in [4.69, 9.17) is 4.74 Å². The summed E-state index contributed by atoms with van der Waals surface area (Å²) in [7, 11) is -2.38. The standard InChI is InChI=1S/C31H32N2O4S/c1-19(2)26-13-11-22(17-32-26)25-16-31(25,24-15-20(3)9-14-28(24)37-5)30(34)18-38(35,36)29-8-6-7-27-23(29)12-10-21(4)33-27/h6-15,17,19,25H,16,18H2,1-5H3/t25-,31-/m1/s1. The molecule has 7 heteroatoms. The van der Waals surface area contributed by atoms with Crippen molar-refractivity contribution in [2.75, 3.05) is 12.9 Å². The highest BCUT2D eigenvalue weighted by atomic mass is 32.2. The number of aryl methyl sites for hydroxylation is 2. The zero-order valence-corrected chi connectivity index (χ0v) is 23.2. The summed E-state index contributed by atoms with van der Waals surface area (Å²) in [5, 5.41) is 0.522. The molecule has 0 bridgehead atoms. The third kappa shape index (κ3) is 4.49. The lowest BCUT2D eigenvalue weighted by molar-refractivity contribution is -0.119. The van der Waals surface area contributed by atoms with Crippen molar-refractivity contribution >= 4 is 26.5 Å². The summed E-state index contributed by atoms with van der Waals surface area (Å²) in [6.07, 6.45) is 2.32. The van der Waals surface area contributed by atoms with Crippen molar-refractivity contribution in [1.29, 1.82) is 0 Å². The van der Waals surface area contributed by atoms with E-state index in [1.165, 1.54) is 0 Å². The van der Waals surface area contributed by atoms with Gasteiger partial charge in [-0.2, -0.15) is 0 Å². The van der Waals surface area contributed by atoms with Gasteiger partial charge in [-0.1, -0.05) is 43.7 Å². The molecule has 2 atom stereocenters. The van der Waals surface area contributed by atoms with Crippen LogP contribution in [0.5, 0.6) is 5.75 Å². The predicted octanol–water partition coefficient (Wildman–Crippen LogP) is 5.85. The van der Waals surface area contributed by atoms with Crippen molar-refractivity contribution in [2.45, 2.75) is 56.3 Å². The van der Waals surface area contributed by atoms with Crippen molar-refractivity contribution in [2.24, 2.45) is 0 Å². The highest BCUT2D eigenvalue weighted by Gasteiger charge is 2.62. The van der Waals surface area contributed by atoms with Crippen LogP contribution in [0.3, 0.4) is 0 Å². The summed E-state index contributed by atoms with van der Waals surface area (Å²) in [5.41, 5.74) is 3.99. The van der Waals surface area contributed by atoms with Gasteiger partial charge in [0.05, 0.1) is 22.9 Å². The molecule has 196 valence electrons. The molecule has 0 saturated heterocycles. The molecule has 0 unspecified atom stereocenters. The third-order valence-electron chi connectivity index (χ3n) is 7.58. The molecule has 0 radical (unpaired) electrons. The fourth-order valence-electron chi connectivity index (χ4n) is 5.44. The molecule has 5 rings (SSSR count). The average molecular weight is 529 g/mol. The summed E-state index contributed by atoms with van der Waals surface area (Å²) in [6, 6.07) is 18.3. The van der Waals surface area contributed by atoms with Gasteiger partial charge < -0.3 is 4.74 Å². The second-order valence-electron chi connectivity index (χ2n) is 10.6. The lowest BCUT2D eigenvalue weighted by atomic mass is 9.86. The van der Waals surface area contributed by atoms with Crippen LogP contribution in [0.25, 0.3) is 10.9 Å². The van der Waals surface area contributed by atoms with E-state index in [1.807, 2.05) is 50.4 Å². The van der Waals surface area contributed by atoms with Crippen LogP contribution in [0.15, 0.2) is 71.8 Å². The van der Waals surface area contributed by atoms with Crippen LogP contribution in [0.2, 0.25) is 0 Å². The first-order valence-electron chi connectivity index (χ1n) is 12.8. The first-order chi connectivity index (χ1) is 18.1. The van der Waals surface area contributed by atoms with Gasteiger partial charge >= 0.3 is 0 Å². The fraction of sp³-hybridized carbons (Fsp3) is 0.323. The maximum absolute atomic E-state index is 14.2. The number of ether oxygens (including phenoxy) is 1. The average Bonchev–Trinajstić information content (AvgIpc) is 3.65.